The second-order valence-corrected chi connectivity index (χ2v) is 2.22. The Morgan fingerprint density at radius 3 is 3.38 bits per heavy atom. The fourth-order valence-electron chi connectivity index (χ4n) is 0.867. The average Bonchev–Trinajstić information content (AvgIpc) is 1.94. The van der Waals surface area contributed by atoms with Crippen LogP contribution in [0.2, 0.25) is 0 Å². The monoisotopic (exact) mass is 113 g/mol. The predicted octanol–water partition coefficient (Wildman–Crippen LogP) is -0.307. The lowest BCUT2D eigenvalue weighted by Crippen LogP contribution is -2.15. The Morgan fingerprint density at radius 1 is 1.62 bits per heavy atom. The molecular formula is C6H13N2+. The van der Waals surface area contributed by atoms with E-state index >= 15 is 0 Å². The Hall–Kier alpha value is -0.370. The summed E-state index contributed by atoms with van der Waals surface area (Å²) in [6.45, 7) is 3.41. The van der Waals surface area contributed by atoms with Crippen molar-refractivity contribution < 1.29 is 4.58 Å². The minimum Gasteiger partial charge on any atom is -0.308 e. The maximum absolute atomic E-state index is 3.28. The van der Waals surface area contributed by atoms with Crippen molar-refractivity contribution in [3.8, 4) is 0 Å². The number of hydrogen-bond donors (Lipinski definition) is 1. The summed E-state index contributed by atoms with van der Waals surface area (Å²) in [5, 5.41) is 3.28. The molecule has 0 aromatic rings. The molecule has 8 heavy (non-hydrogen) atoms. The minimum atomic E-state index is 1.04. The highest BCUT2D eigenvalue weighted by Crippen LogP contribution is 1.79. The van der Waals surface area contributed by atoms with Crippen LogP contribution < -0.4 is 5.32 Å². The lowest BCUT2D eigenvalue weighted by atomic mass is 10.4. The van der Waals surface area contributed by atoms with E-state index < -0.39 is 0 Å². The molecule has 0 amide bonds. The number of hydrogen-bond acceptors (Lipinski definition) is 1. The van der Waals surface area contributed by atoms with E-state index in [1.807, 2.05) is 0 Å². The standard InChI is InChI=1S/C6H13N2/c1-8-5-2-3-7-4-6-8/h6-7H,2-5H2,1H3/q+1. The Kier molecular flexibility index (Phi) is 2.03. The molecule has 0 aliphatic carbocycles. The van der Waals surface area contributed by atoms with Gasteiger partial charge < -0.3 is 5.32 Å². The fraction of sp³-hybridized carbons (Fsp3) is 0.833. The van der Waals surface area contributed by atoms with Crippen molar-refractivity contribution in [1.82, 2.24) is 5.32 Å². The lowest BCUT2D eigenvalue weighted by molar-refractivity contribution is -0.492. The maximum atomic E-state index is 3.28. The van der Waals surface area contributed by atoms with Crippen LogP contribution in [-0.2, 0) is 0 Å². The molecule has 1 N–H and O–H groups in total. The number of rotatable bonds is 0. The van der Waals surface area contributed by atoms with Crippen molar-refractivity contribution in [2.75, 3.05) is 26.7 Å². The summed E-state index contributed by atoms with van der Waals surface area (Å²) in [6.07, 6.45) is 3.46. The van der Waals surface area contributed by atoms with Crippen LogP contribution in [0.3, 0.4) is 0 Å². The Balaban J connectivity index is 2.36. The molecule has 2 nitrogen and oxygen atoms in total. The topological polar surface area (TPSA) is 15.0 Å². The van der Waals surface area contributed by atoms with E-state index in [1.54, 1.807) is 0 Å². The van der Waals surface area contributed by atoms with Crippen molar-refractivity contribution in [3.63, 3.8) is 0 Å². The zero-order valence-electron chi connectivity index (χ0n) is 5.35. The largest absolute Gasteiger partial charge is 0.308 e. The Morgan fingerprint density at radius 2 is 2.50 bits per heavy atom. The van der Waals surface area contributed by atoms with E-state index in [1.165, 1.54) is 19.5 Å². The van der Waals surface area contributed by atoms with Crippen LogP contribution in [0.15, 0.2) is 0 Å². The molecule has 0 radical (unpaired) electrons. The van der Waals surface area contributed by atoms with Crippen molar-refractivity contribution in [2.24, 2.45) is 0 Å². The van der Waals surface area contributed by atoms with Crippen LogP contribution >= 0.6 is 0 Å². The van der Waals surface area contributed by atoms with Gasteiger partial charge in [0.25, 0.3) is 0 Å². The molecule has 2 heteroatoms. The molecule has 0 spiro atoms. The second-order valence-electron chi connectivity index (χ2n) is 2.22. The first kappa shape index (κ1) is 5.76. The van der Waals surface area contributed by atoms with Crippen LogP contribution in [0.25, 0.3) is 0 Å². The highest BCUT2D eigenvalue weighted by atomic mass is 15.0. The Labute approximate surface area is 50.2 Å². The summed E-state index contributed by atoms with van der Waals surface area (Å²) in [7, 11) is 2.12. The molecule has 0 aromatic carbocycles. The zero-order chi connectivity index (χ0) is 5.82. The van der Waals surface area contributed by atoms with Gasteiger partial charge in [-0.2, -0.15) is 0 Å². The summed E-state index contributed by atoms with van der Waals surface area (Å²) in [4.78, 5) is 0. The molecule has 0 fully saturated rings. The summed E-state index contributed by atoms with van der Waals surface area (Å²) < 4.78 is 2.24. The number of nitrogens with one attached hydrogen (secondary N) is 1. The molecule has 0 unspecified atom stereocenters. The van der Waals surface area contributed by atoms with Crippen molar-refractivity contribution in [1.29, 1.82) is 0 Å². The Bertz CT molecular complexity index is 96.7. The zero-order valence-corrected chi connectivity index (χ0v) is 5.35. The molecule has 46 valence electrons. The van der Waals surface area contributed by atoms with E-state index in [4.69, 9.17) is 0 Å². The summed E-state index contributed by atoms with van der Waals surface area (Å²) in [5.41, 5.74) is 0. The predicted molar refractivity (Wildman–Crippen MR) is 34.6 cm³/mol. The molecule has 0 bridgehead atoms. The van der Waals surface area contributed by atoms with Gasteiger partial charge in [0.2, 0.25) is 0 Å². The van der Waals surface area contributed by atoms with Crippen LogP contribution in [0.1, 0.15) is 6.42 Å². The molecule has 0 atom stereocenters. The number of nitrogens with zero attached hydrogens (tertiary/aromatic N) is 1. The molecule has 1 aliphatic rings. The van der Waals surface area contributed by atoms with Crippen LogP contribution in [0.5, 0.6) is 0 Å². The fourth-order valence-corrected chi connectivity index (χ4v) is 0.867. The molecule has 1 heterocycles. The van der Waals surface area contributed by atoms with Gasteiger partial charge in [-0.1, -0.05) is 0 Å². The molecular weight excluding hydrogens is 100 g/mol. The minimum absolute atomic E-state index is 1.04. The van der Waals surface area contributed by atoms with E-state index in [0.29, 0.717) is 0 Å². The van der Waals surface area contributed by atoms with Gasteiger partial charge in [-0.25, -0.2) is 4.58 Å². The second kappa shape index (κ2) is 2.82. The smallest absolute Gasteiger partial charge is 0.153 e. The third-order valence-corrected chi connectivity index (χ3v) is 1.41. The summed E-state index contributed by atoms with van der Waals surface area (Å²) in [5.74, 6) is 0. The van der Waals surface area contributed by atoms with E-state index in [9.17, 15) is 0 Å². The molecule has 1 aliphatic heterocycles. The summed E-state index contributed by atoms with van der Waals surface area (Å²) >= 11 is 0. The highest BCUT2D eigenvalue weighted by Gasteiger charge is 1.99. The molecule has 0 saturated carbocycles. The first-order chi connectivity index (χ1) is 3.89. The molecule has 0 saturated heterocycles. The first-order valence-electron chi connectivity index (χ1n) is 3.14. The van der Waals surface area contributed by atoms with Gasteiger partial charge in [0.15, 0.2) is 6.21 Å². The van der Waals surface area contributed by atoms with Crippen LogP contribution in [-0.4, -0.2) is 37.5 Å². The van der Waals surface area contributed by atoms with Gasteiger partial charge in [-0.05, 0) is 0 Å². The van der Waals surface area contributed by atoms with Gasteiger partial charge >= 0.3 is 0 Å². The lowest BCUT2D eigenvalue weighted by Gasteiger charge is -1.89. The average molecular weight is 113 g/mol. The van der Waals surface area contributed by atoms with Crippen LogP contribution in [0.4, 0.5) is 0 Å². The maximum Gasteiger partial charge on any atom is 0.153 e. The van der Waals surface area contributed by atoms with Gasteiger partial charge in [0.1, 0.15) is 13.6 Å². The van der Waals surface area contributed by atoms with Crippen molar-refractivity contribution in [3.05, 3.63) is 0 Å². The van der Waals surface area contributed by atoms with Gasteiger partial charge in [0.05, 0.1) is 6.54 Å². The third kappa shape index (κ3) is 1.62. The quantitative estimate of drug-likeness (QED) is 0.426. The highest BCUT2D eigenvalue weighted by molar-refractivity contribution is 5.53. The van der Waals surface area contributed by atoms with E-state index in [0.717, 1.165) is 6.54 Å². The molecule has 0 aromatic heterocycles. The van der Waals surface area contributed by atoms with E-state index in [-0.39, 0.29) is 0 Å². The van der Waals surface area contributed by atoms with E-state index in [2.05, 4.69) is 23.2 Å². The third-order valence-electron chi connectivity index (χ3n) is 1.41. The normalized spacial score (nSPS) is 21.9. The summed E-state index contributed by atoms with van der Waals surface area (Å²) in [6, 6.07) is 0. The molecule has 1 rings (SSSR count). The SMILES string of the molecule is C[N+]1=CCNCCC1. The van der Waals surface area contributed by atoms with Gasteiger partial charge in [-0.3, -0.25) is 0 Å². The van der Waals surface area contributed by atoms with Crippen molar-refractivity contribution >= 4 is 6.21 Å². The first-order valence-corrected chi connectivity index (χ1v) is 3.14. The van der Waals surface area contributed by atoms with Gasteiger partial charge in [0, 0.05) is 13.0 Å². The van der Waals surface area contributed by atoms with Crippen molar-refractivity contribution in [2.45, 2.75) is 6.42 Å². The van der Waals surface area contributed by atoms with Crippen LogP contribution in [0, 0.1) is 0 Å². The van der Waals surface area contributed by atoms with Gasteiger partial charge in [-0.15, -0.1) is 0 Å².